The molecule has 1 fully saturated rings. The molecule has 0 radical (unpaired) electrons. The second-order valence-electron chi connectivity index (χ2n) is 6.60. The average molecular weight is 376 g/mol. The molecule has 24 heavy (non-hydrogen) atoms. The van der Waals surface area contributed by atoms with Crippen molar-refractivity contribution in [3.05, 3.63) is 29.8 Å². The Morgan fingerprint density at radius 2 is 2.08 bits per heavy atom. The smallest absolute Gasteiger partial charge is 0.229 e. The van der Waals surface area contributed by atoms with Crippen molar-refractivity contribution in [1.82, 2.24) is 5.32 Å². The largest absolute Gasteiger partial charge is 0.352 e. The van der Waals surface area contributed by atoms with Gasteiger partial charge in [0, 0.05) is 17.8 Å². The molecule has 2 rings (SSSR count). The van der Waals surface area contributed by atoms with Crippen LogP contribution in [0.4, 0.5) is 5.69 Å². The molecule has 2 unspecified atom stereocenters. The number of anilines is 1. The number of carbonyl (C=O) groups is 1. The van der Waals surface area contributed by atoms with Crippen LogP contribution in [0.15, 0.2) is 24.3 Å². The Kier molecular flexibility index (Phi) is 7.07. The monoisotopic (exact) mass is 375 g/mol. The van der Waals surface area contributed by atoms with Crippen molar-refractivity contribution < 1.29 is 13.2 Å². The molecule has 0 heterocycles. The number of benzene rings is 1. The molecule has 1 aliphatic carbocycles. The summed E-state index contributed by atoms with van der Waals surface area (Å²) < 4.78 is 24.9. The first-order chi connectivity index (χ1) is 10.7. The van der Waals surface area contributed by atoms with Gasteiger partial charge in [0.25, 0.3) is 0 Å². The minimum absolute atomic E-state index is 0. The number of halogens is 1. The standard InChI is InChI=1S/C16H25N3O3S.ClH/c1-16(17)9-4-3-8-14(16)15(20)18-11-12-6-5-7-13(10-12)19-23(2,21)22;/h5-7,10,14,19H,3-4,8-9,11,17H2,1-2H3,(H,18,20);1H. The van der Waals surface area contributed by atoms with Crippen molar-refractivity contribution in [3.63, 3.8) is 0 Å². The summed E-state index contributed by atoms with van der Waals surface area (Å²) in [6.07, 6.45) is 4.87. The minimum Gasteiger partial charge on any atom is -0.352 e. The second-order valence-corrected chi connectivity index (χ2v) is 8.35. The Labute approximate surface area is 150 Å². The normalized spacial score (nSPS) is 23.9. The van der Waals surface area contributed by atoms with Gasteiger partial charge in [0.15, 0.2) is 0 Å². The van der Waals surface area contributed by atoms with Crippen molar-refractivity contribution in [1.29, 1.82) is 0 Å². The number of nitrogens with one attached hydrogen (secondary N) is 2. The van der Waals surface area contributed by atoms with Crippen molar-refractivity contribution >= 4 is 34.0 Å². The van der Waals surface area contributed by atoms with Crippen LogP contribution in [0.25, 0.3) is 0 Å². The van der Waals surface area contributed by atoms with E-state index < -0.39 is 15.6 Å². The number of hydrogen-bond donors (Lipinski definition) is 3. The van der Waals surface area contributed by atoms with Crippen molar-refractivity contribution in [3.8, 4) is 0 Å². The van der Waals surface area contributed by atoms with E-state index >= 15 is 0 Å². The summed E-state index contributed by atoms with van der Waals surface area (Å²) in [4.78, 5) is 12.4. The van der Waals surface area contributed by atoms with Crippen molar-refractivity contribution in [2.75, 3.05) is 11.0 Å². The van der Waals surface area contributed by atoms with E-state index in [0.717, 1.165) is 37.5 Å². The average Bonchev–Trinajstić information content (AvgIpc) is 2.43. The summed E-state index contributed by atoms with van der Waals surface area (Å²) in [5.41, 5.74) is 7.11. The zero-order valence-electron chi connectivity index (χ0n) is 14.0. The molecule has 6 nitrogen and oxygen atoms in total. The Morgan fingerprint density at radius 1 is 1.38 bits per heavy atom. The maximum absolute atomic E-state index is 12.4. The molecule has 0 bridgehead atoms. The molecular weight excluding hydrogens is 350 g/mol. The lowest BCUT2D eigenvalue weighted by atomic mass is 9.74. The molecule has 8 heteroatoms. The van der Waals surface area contributed by atoms with Gasteiger partial charge in [0.05, 0.1) is 12.2 Å². The summed E-state index contributed by atoms with van der Waals surface area (Å²) in [5, 5.41) is 2.92. The minimum atomic E-state index is -3.31. The highest BCUT2D eigenvalue weighted by atomic mass is 35.5. The number of rotatable bonds is 5. The molecular formula is C16H26ClN3O3S. The molecule has 0 aromatic heterocycles. The number of hydrogen-bond acceptors (Lipinski definition) is 4. The summed E-state index contributed by atoms with van der Waals surface area (Å²) in [6.45, 7) is 2.29. The zero-order valence-corrected chi connectivity index (χ0v) is 15.7. The quantitative estimate of drug-likeness (QED) is 0.732. The van der Waals surface area contributed by atoms with Crippen LogP contribution in [0.5, 0.6) is 0 Å². The van der Waals surface area contributed by atoms with Crippen LogP contribution in [0.1, 0.15) is 38.2 Å². The fraction of sp³-hybridized carbons (Fsp3) is 0.562. The number of amides is 1. The first-order valence-corrected chi connectivity index (χ1v) is 9.70. The molecule has 0 aliphatic heterocycles. The lowest BCUT2D eigenvalue weighted by Crippen LogP contribution is -2.52. The Bertz CT molecular complexity index is 677. The van der Waals surface area contributed by atoms with Crippen LogP contribution >= 0.6 is 12.4 Å². The highest BCUT2D eigenvalue weighted by molar-refractivity contribution is 7.92. The van der Waals surface area contributed by atoms with E-state index in [9.17, 15) is 13.2 Å². The van der Waals surface area contributed by atoms with Gasteiger partial charge in [0.2, 0.25) is 15.9 Å². The maximum atomic E-state index is 12.4. The summed E-state index contributed by atoms with van der Waals surface area (Å²) in [6, 6.07) is 6.98. The topological polar surface area (TPSA) is 101 Å². The Balaban J connectivity index is 0.00000288. The maximum Gasteiger partial charge on any atom is 0.229 e. The van der Waals surface area contributed by atoms with E-state index in [2.05, 4.69) is 10.0 Å². The first-order valence-electron chi connectivity index (χ1n) is 7.81. The lowest BCUT2D eigenvalue weighted by molar-refractivity contribution is -0.128. The Morgan fingerprint density at radius 3 is 2.71 bits per heavy atom. The summed E-state index contributed by atoms with van der Waals surface area (Å²) >= 11 is 0. The molecule has 1 aliphatic rings. The van der Waals surface area contributed by atoms with Crippen LogP contribution in [-0.2, 0) is 21.4 Å². The van der Waals surface area contributed by atoms with Crippen molar-refractivity contribution in [2.45, 2.75) is 44.7 Å². The van der Waals surface area contributed by atoms with Crippen LogP contribution in [0.3, 0.4) is 0 Å². The summed E-state index contributed by atoms with van der Waals surface area (Å²) in [7, 11) is -3.31. The lowest BCUT2D eigenvalue weighted by Gasteiger charge is -2.37. The SMILES string of the molecule is CC1(N)CCCCC1C(=O)NCc1cccc(NS(C)(=O)=O)c1.Cl. The van der Waals surface area contributed by atoms with Crippen LogP contribution in [0, 0.1) is 5.92 Å². The predicted molar refractivity (Wildman–Crippen MR) is 98.6 cm³/mol. The van der Waals surface area contributed by atoms with E-state index in [1.165, 1.54) is 0 Å². The van der Waals surface area contributed by atoms with Crippen LogP contribution in [-0.4, -0.2) is 26.1 Å². The van der Waals surface area contributed by atoms with Gasteiger partial charge in [-0.15, -0.1) is 12.4 Å². The molecule has 1 aromatic carbocycles. The van der Waals surface area contributed by atoms with E-state index in [0.29, 0.717) is 12.2 Å². The first kappa shape index (κ1) is 20.7. The third kappa shape index (κ3) is 5.96. The fourth-order valence-electron chi connectivity index (χ4n) is 3.06. The van der Waals surface area contributed by atoms with Gasteiger partial charge in [-0.05, 0) is 37.5 Å². The van der Waals surface area contributed by atoms with Gasteiger partial charge in [-0.3, -0.25) is 9.52 Å². The highest BCUT2D eigenvalue weighted by Gasteiger charge is 2.37. The number of nitrogens with two attached hydrogens (primary N) is 1. The van der Waals surface area contributed by atoms with Gasteiger partial charge >= 0.3 is 0 Å². The predicted octanol–water partition coefficient (Wildman–Crippen LogP) is 2.00. The molecule has 2 atom stereocenters. The van der Waals surface area contributed by atoms with Gasteiger partial charge in [-0.1, -0.05) is 25.0 Å². The van der Waals surface area contributed by atoms with E-state index in [4.69, 9.17) is 5.73 Å². The molecule has 136 valence electrons. The molecule has 0 saturated heterocycles. The summed E-state index contributed by atoms with van der Waals surface area (Å²) in [5.74, 6) is -0.204. The van der Waals surface area contributed by atoms with E-state index in [1.807, 2.05) is 13.0 Å². The van der Waals surface area contributed by atoms with E-state index in [-0.39, 0.29) is 24.2 Å². The number of carbonyl (C=O) groups excluding carboxylic acids is 1. The molecule has 1 saturated carbocycles. The Hall–Kier alpha value is -1.31. The molecule has 1 aromatic rings. The third-order valence-electron chi connectivity index (χ3n) is 4.27. The van der Waals surface area contributed by atoms with Gasteiger partial charge in [-0.2, -0.15) is 0 Å². The van der Waals surface area contributed by atoms with Crippen LogP contribution in [0.2, 0.25) is 0 Å². The van der Waals surface area contributed by atoms with Crippen LogP contribution < -0.4 is 15.8 Å². The molecule has 4 N–H and O–H groups in total. The molecule has 0 spiro atoms. The van der Waals surface area contributed by atoms with Gasteiger partial charge in [-0.25, -0.2) is 8.42 Å². The second kappa shape index (κ2) is 8.18. The zero-order chi connectivity index (χ0) is 17.1. The van der Waals surface area contributed by atoms with Gasteiger partial charge < -0.3 is 11.1 Å². The fourth-order valence-corrected chi connectivity index (χ4v) is 3.62. The highest BCUT2D eigenvalue weighted by Crippen LogP contribution is 2.31. The molecule has 1 amide bonds. The van der Waals surface area contributed by atoms with E-state index in [1.54, 1.807) is 18.2 Å². The van der Waals surface area contributed by atoms with Gasteiger partial charge in [0.1, 0.15) is 0 Å². The number of sulfonamides is 1. The van der Waals surface area contributed by atoms with Crippen molar-refractivity contribution in [2.24, 2.45) is 11.7 Å². The third-order valence-corrected chi connectivity index (χ3v) is 4.87.